The van der Waals surface area contributed by atoms with Crippen molar-refractivity contribution in [3.05, 3.63) is 0 Å². The van der Waals surface area contributed by atoms with Crippen molar-refractivity contribution in [3.63, 3.8) is 0 Å². The summed E-state index contributed by atoms with van der Waals surface area (Å²) in [5, 5.41) is 1.31. The van der Waals surface area contributed by atoms with Crippen LogP contribution in [0.3, 0.4) is 0 Å². The lowest BCUT2D eigenvalue weighted by atomic mass is 10.1. The molecule has 3 heteroatoms. The molecule has 0 saturated carbocycles. The molecular weight excluding hydrogens is 238 g/mol. The van der Waals surface area contributed by atoms with Gasteiger partial charge in [0, 0.05) is 0 Å². The minimum Gasteiger partial charge on any atom is -0.656 e. The Morgan fingerprint density at radius 1 is 0.706 bits per heavy atom. The lowest BCUT2D eigenvalue weighted by Crippen LogP contribution is -1.93. The molecule has 0 aromatic heterocycles. The molecule has 0 aromatic rings. The smallest absolute Gasteiger partial charge is 0.390 e. The Kier molecular flexibility index (Phi) is 18.1. The normalized spacial score (nSPS) is 10.6. The van der Waals surface area contributed by atoms with Crippen molar-refractivity contribution in [2.45, 2.75) is 89.3 Å². The van der Waals surface area contributed by atoms with Gasteiger partial charge in [-0.05, 0) is 0 Å². The fraction of sp³-hybridized carbons (Fsp3) is 1.00. The summed E-state index contributed by atoms with van der Waals surface area (Å²) >= 11 is 2.62. The summed E-state index contributed by atoms with van der Waals surface area (Å²) in [5.74, 6) is 0. The van der Waals surface area contributed by atoms with Gasteiger partial charge in [0.25, 0.3) is 0 Å². The van der Waals surface area contributed by atoms with E-state index in [4.69, 9.17) is 2.84 Å². The Balaban J connectivity index is 2.85. The molecule has 0 N–H and O–H groups in total. The van der Waals surface area contributed by atoms with Crippen molar-refractivity contribution in [1.29, 1.82) is 0 Å². The van der Waals surface area contributed by atoms with Crippen LogP contribution in [0.1, 0.15) is 84.0 Å². The molecule has 0 bridgehead atoms. The van der Waals surface area contributed by atoms with E-state index in [2.05, 4.69) is 23.5 Å². The third-order valence-corrected chi connectivity index (χ3v) is 4.69. The molecule has 0 aliphatic rings. The Morgan fingerprint density at radius 2 is 1.12 bits per heavy atom. The van der Waals surface area contributed by atoms with Crippen LogP contribution in [-0.2, 0) is 2.84 Å². The highest BCUT2D eigenvalue weighted by Gasteiger charge is 1.94. The minimum absolute atomic E-state index is 0.258. The van der Waals surface area contributed by atoms with Gasteiger partial charge in [-0.2, -0.15) is 0 Å². The molecule has 0 saturated heterocycles. The fourth-order valence-corrected chi connectivity index (χ4v) is 3.14. The summed E-state index contributed by atoms with van der Waals surface area (Å²) in [6, 6.07) is 0. The van der Waals surface area contributed by atoms with Gasteiger partial charge in [-0.25, -0.2) is 0 Å². The second-order valence-corrected chi connectivity index (χ2v) is 6.98. The number of hydrogen-bond donors (Lipinski definition) is 0. The van der Waals surface area contributed by atoms with Gasteiger partial charge in [0.1, 0.15) is 0 Å². The van der Waals surface area contributed by atoms with Gasteiger partial charge in [0.2, 0.25) is 0 Å². The zero-order valence-electron chi connectivity index (χ0n) is 11.8. The molecule has 97 valence electrons. The molecule has 0 spiro atoms. The van der Waals surface area contributed by atoms with Crippen LogP contribution < -0.4 is 0 Å². The quantitative estimate of drug-likeness (QED) is 0.324. The number of unbranched alkanes of at least 4 members (excludes halogenated alkanes) is 11. The maximum Gasteiger partial charge on any atom is 0.390 e. The molecule has 0 atom stereocenters. The second-order valence-electron chi connectivity index (χ2n) is 4.98. The molecule has 0 aromatic carbocycles. The van der Waals surface area contributed by atoms with Gasteiger partial charge in [-0.3, -0.25) is 0 Å². The van der Waals surface area contributed by atoms with Crippen molar-refractivity contribution in [3.8, 4) is 0 Å². The van der Waals surface area contributed by atoms with E-state index in [0.29, 0.717) is 0 Å². The van der Waals surface area contributed by atoms with Gasteiger partial charge >= 0.3 is 32.2 Å². The third-order valence-electron chi connectivity index (χ3n) is 3.27. The van der Waals surface area contributed by atoms with E-state index in [0.717, 1.165) is 0 Å². The number of hydrogen-bond acceptors (Lipinski definition) is 1. The molecule has 17 heavy (non-hydrogen) atoms. The van der Waals surface area contributed by atoms with Crippen LogP contribution in [-0.4, -0.2) is 32.2 Å². The van der Waals surface area contributed by atoms with E-state index in [1.54, 1.807) is 0 Å². The summed E-state index contributed by atoms with van der Waals surface area (Å²) in [6.45, 7) is 2.28. The van der Waals surface area contributed by atoms with E-state index in [1.807, 2.05) is 0 Å². The zero-order chi connectivity index (χ0) is 12.6. The van der Waals surface area contributed by atoms with Crippen molar-refractivity contribution in [1.82, 2.24) is 0 Å². The van der Waals surface area contributed by atoms with Crippen molar-refractivity contribution >= 4 is 32.2 Å². The first-order valence-electron chi connectivity index (χ1n) is 7.59. The van der Waals surface area contributed by atoms with Gasteiger partial charge in [0.05, 0.1) is 0 Å². The average Bonchev–Trinajstić information content (AvgIpc) is 2.35. The van der Waals surface area contributed by atoms with Gasteiger partial charge in [-0.15, -0.1) is 0 Å². The van der Waals surface area contributed by atoms with Crippen molar-refractivity contribution in [2.75, 3.05) is 0 Å². The van der Waals surface area contributed by atoms with Gasteiger partial charge < -0.3 is 2.84 Å². The summed E-state index contributed by atoms with van der Waals surface area (Å²) in [4.78, 5) is 0. The zero-order valence-corrected chi connectivity index (χ0v) is 14.1. The average molecular weight is 267 g/mol. The predicted octanol–water partition coefficient (Wildman–Crippen LogP) is 4.83. The third kappa shape index (κ3) is 17.0. The Morgan fingerprint density at radius 3 is 1.53 bits per heavy atom. The van der Waals surface area contributed by atoms with Crippen molar-refractivity contribution < 1.29 is 2.84 Å². The number of rotatable bonds is 14. The Bertz CT molecular complexity index is 117. The Hall–Kier alpha value is 1.02. The molecule has 3 radical (unpaired) electrons. The molecule has 0 unspecified atom stereocenters. The molecule has 0 aliphatic carbocycles. The van der Waals surface area contributed by atoms with Crippen LogP contribution in [0.15, 0.2) is 0 Å². The standard InChI is InChI=1S/C14H29.2Al.O/c1-3-5-7-9-11-13-14-12-10-8-6-4-2;;;/h1,3-14H2,2H3;;;. The SMILES string of the molecule is CCCCCCCCCCCCC[CH2][Al][O][Al]. The van der Waals surface area contributed by atoms with Crippen molar-refractivity contribution in [2.24, 2.45) is 0 Å². The molecule has 0 rings (SSSR count). The van der Waals surface area contributed by atoms with Gasteiger partial charge in [-0.1, -0.05) is 89.3 Å². The highest BCUT2D eigenvalue weighted by atomic mass is 27.2. The molecular formula is C14H29Al2O. The van der Waals surface area contributed by atoms with E-state index in [-0.39, 0.29) is 15.6 Å². The van der Waals surface area contributed by atoms with Crippen LogP contribution in [0.25, 0.3) is 0 Å². The summed E-state index contributed by atoms with van der Waals surface area (Å²) in [6.07, 6.45) is 17.3. The highest BCUT2D eigenvalue weighted by Crippen LogP contribution is 2.12. The van der Waals surface area contributed by atoms with Crippen LogP contribution in [0, 0.1) is 0 Å². The topological polar surface area (TPSA) is 9.23 Å². The molecule has 0 fully saturated rings. The van der Waals surface area contributed by atoms with E-state index in [1.165, 1.54) is 82.3 Å². The van der Waals surface area contributed by atoms with Crippen LogP contribution >= 0.6 is 0 Å². The summed E-state index contributed by atoms with van der Waals surface area (Å²) in [5.41, 5.74) is 0. The van der Waals surface area contributed by atoms with Crippen LogP contribution in [0.2, 0.25) is 5.28 Å². The van der Waals surface area contributed by atoms with Gasteiger partial charge in [0.15, 0.2) is 0 Å². The van der Waals surface area contributed by atoms with E-state index >= 15 is 0 Å². The Labute approximate surface area is 124 Å². The molecule has 1 nitrogen and oxygen atoms in total. The van der Waals surface area contributed by atoms with Crippen LogP contribution in [0.5, 0.6) is 0 Å². The largest absolute Gasteiger partial charge is 0.656 e. The monoisotopic (exact) mass is 267 g/mol. The first-order valence-corrected chi connectivity index (χ1v) is 9.35. The summed E-state index contributed by atoms with van der Waals surface area (Å²) in [7, 11) is 0. The maximum atomic E-state index is 5.04. The molecule has 0 amide bonds. The predicted molar refractivity (Wildman–Crippen MR) is 78.5 cm³/mol. The second kappa shape index (κ2) is 17.0. The first kappa shape index (κ1) is 18.0. The molecule has 0 heterocycles. The first-order chi connectivity index (χ1) is 8.41. The van der Waals surface area contributed by atoms with Crippen LogP contribution in [0.4, 0.5) is 0 Å². The minimum atomic E-state index is 0.258. The fourth-order valence-electron chi connectivity index (χ4n) is 2.14. The summed E-state index contributed by atoms with van der Waals surface area (Å²) < 4.78 is 5.04. The lowest BCUT2D eigenvalue weighted by Gasteiger charge is -2.02. The lowest BCUT2D eigenvalue weighted by molar-refractivity contribution is 0.546. The molecule has 0 aliphatic heterocycles. The van der Waals surface area contributed by atoms with E-state index in [9.17, 15) is 0 Å². The van der Waals surface area contributed by atoms with E-state index < -0.39 is 0 Å². The highest BCUT2D eigenvalue weighted by molar-refractivity contribution is 6.34. The maximum absolute atomic E-state index is 5.04.